The first kappa shape index (κ1) is 21.9. The number of rotatable bonds is 14. The molecule has 1 amide bonds. The molecule has 7 heteroatoms. The highest BCUT2D eigenvalue weighted by atomic mass is 16.7. The van der Waals surface area contributed by atoms with Crippen molar-refractivity contribution in [3.05, 3.63) is 23.8 Å². The van der Waals surface area contributed by atoms with Crippen LogP contribution in [0, 0.1) is 0 Å². The molecule has 0 saturated carbocycles. The molecule has 1 aromatic rings. The Hall–Kier alpha value is -2.44. The van der Waals surface area contributed by atoms with E-state index < -0.39 is 6.09 Å². The number of carboxylic acid groups (broad SMARTS) is 1. The van der Waals surface area contributed by atoms with E-state index in [0.717, 1.165) is 38.5 Å². The Morgan fingerprint density at radius 2 is 1.50 bits per heavy atom. The van der Waals surface area contributed by atoms with Crippen molar-refractivity contribution < 1.29 is 28.9 Å². The second kappa shape index (κ2) is 12.9. The van der Waals surface area contributed by atoms with Crippen molar-refractivity contribution in [3.8, 4) is 11.5 Å². The standard InChI is InChI=1S/C21H31NO6/c23-20(17-11-12-18-19(15-17)28-16-27-18)26-14-10-8-6-4-2-1-3-5-7-9-13-22-21(24)25/h11-12,15,22H,1-10,13-14,16H2,(H,24,25). The fraction of sp³-hybridized carbons (Fsp3) is 0.619. The van der Waals surface area contributed by atoms with Gasteiger partial charge in [0.2, 0.25) is 6.79 Å². The van der Waals surface area contributed by atoms with Crippen molar-refractivity contribution in [2.24, 2.45) is 0 Å². The van der Waals surface area contributed by atoms with Gasteiger partial charge < -0.3 is 24.6 Å². The lowest BCUT2D eigenvalue weighted by Crippen LogP contribution is -2.21. The highest BCUT2D eigenvalue weighted by molar-refractivity contribution is 5.90. The van der Waals surface area contributed by atoms with E-state index in [1.165, 1.54) is 25.7 Å². The van der Waals surface area contributed by atoms with Gasteiger partial charge in [0.1, 0.15) is 0 Å². The van der Waals surface area contributed by atoms with Crippen molar-refractivity contribution in [2.45, 2.75) is 64.2 Å². The van der Waals surface area contributed by atoms with E-state index in [1.807, 2.05) is 0 Å². The van der Waals surface area contributed by atoms with E-state index in [4.69, 9.17) is 19.3 Å². The molecule has 2 N–H and O–H groups in total. The minimum Gasteiger partial charge on any atom is -0.465 e. The van der Waals surface area contributed by atoms with Crippen LogP contribution in [-0.4, -0.2) is 37.1 Å². The number of carbonyl (C=O) groups excluding carboxylic acids is 1. The fourth-order valence-corrected chi connectivity index (χ4v) is 3.11. The number of amides is 1. The maximum absolute atomic E-state index is 12.0. The van der Waals surface area contributed by atoms with E-state index in [-0.39, 0.29) is 12.8 Å². The van der Waals surface area contributed by atoms with Crippen molar-refractivity contribution in [1.82, 2.24) is 5.32 Å². The van der Waals surface area contributed by atoms with Gasteiger partial charge in [-0.1, -0.05) is 51.4 Å². The molecule has 0 unspecified atom stereocenters. The summed E-state index contributed by atoms with van der Waals surface area (Å²) >= 11 is 0. The molecule has 0 aromatic heterocycles. The van der Waals surface area contributed by atoms with Crippen molar-refractivity contribution >= 4 is 12.1 Å². The predicted molar refractivity (Wildman–Crippen MR) is 105 cm³/mol. The quantitative estimate of drug-likeness (QED) is 0.350. The average Bonchev–Trinajstić information content (AvgIpc) is 3.15. The second-order valence-electron chi connectivity index (χ2n) is 6.97. The molecule has 28 heavy (non-hydrogen) atoms. The average molecular weight is 393 g/mol. The number of hydrogen-bond acceptors (Lipinski definition) is 5. The Balaban J connectivity index is 1.38. The normalized spacial score (nSPS) is 12.0. The molecule has 0 saturated heterocycles. The third kappa shape index (κ3) is 8.50. The molecule has 0 bridgehead atoms. The maximum Gasteiger partial charge on any atom is 0.404 e. The molecule has 1 aliphatic heterocycles. The second-order valence-corrected chi connectivity index (χ2v) is 6.97. The molecule has 156 valence electrons. The van der Waals surface area contributed by atoms with Crippen LogP contribution in [0.3, 0.4) is 0 Å². The molecule has 0 spiro atoms. The van der Waals surface area contributed by atoms with Crippen molar-refractivity contribution in [1.29, 1.82) is 0 Å². The van der Waals surface area contributed by atoms with Crippen LogP contribution >= 0.6 is 0 Å². The van der Waals surface area contributed by atoms with Crippen LogP contribution in [0.2, 0.25) is 0 Å². The minimum atomic E-state index is -0.942. The number of ether oxygens (including phenoxy) is 3. The lowest BCUT2D eigenvalue weighted by molar-refractivity contribution is 0.0497. The first-order valence-corrected chi connectivity index (χ1v) is 10.2. The van der Waals surface area contributed by atoms with Crippen molar-refractivity contribution in [2.75, 3.05) is 19.9 Å². The van der Waals surface area contributed by atoms with Gasteiger partial charge in [-0.15, -0.1) is 0 Å². The molecule has 0 atom stereocenters. The Morgan fingerprint density at radius 3 is 2.18 bits per heavy atom. The summed E-state index contributed by atoms with van der Waals surface area (Å²) in [6.07, 6.45) is 10.2. The van der Waals surface area contributed by atoms with Crippen LogP contribution in [-0.2, 0) is 4.74 Å². The Morgan fingerprint density at radius 1 is 0.893 bits per heavy atom. The highest BCUT2D eigenvalue weighted by Crippen LogP contribution is 2.32. The van der Waals surface area contributed by atoms with E-state index >= 15 is 0 Å². The van der Waals surface area contributed by atoms with Crippen LogP contribution in [0.5, 0.6) is 11.5 Å². The number of unbranched alkanes of at least 4 members (excludes halogenated alkanes) is 9. The van der Waals surface area contributed by atoms with Crippen LogP contribution < -0.4 is 14.8 Å². The molecule has 7 nitrogen and oxygen atoms in total. The lowest BCUT2D eigenvalue weighted by atomic mass is 10.1. The molecule has 1 heterocycles. The highest BCUT2D eigenvalue weighted by Gasteiger charge is 2.16. The molecule has 0 radical (unpaired) electrons. The number of esters is 1. The maximum atomic E-state index is 12.0. The van der Waals surface area contributed by atoms with Gasteiger partial charge in [-0.05, 0) is 31.0 Å². The lowest BCUT2D eigenvalue weighted by Gasteiger charge is -2.06. The number of carbonyl (C=O) groups is 2. The zero-order valence-electron chi connectivity index (χ0n) is 16.4. The molecular formula is C21H31NO6. The number of nitrogens with one attached hydrogen (secondary N) is 1. The van der Waals surface area contributed by atoms with Gasteiger partial charge in [-0.2, -0.15) is 0 Å². The summed E-state index contributed by atoms with van der Waals surface area (Å²) in [5.41, 5.74) is 0.489. The van der Waals surface area contributed by atoms with Gasteiger partial charge in [0.15, 0.2) is 11.5 Å². The first-order valence-electron chi connectivity index (χ1n) is 10.2. The smallest absolute Gasteiger partial charge is 0.404 e. The van der Waals surface area contributed by atoms with Gasteiger partial charge in [-0.25, -0.2) is 9.59 Å². The largest absolute Gasteiger partial charge is 0.465 e. The summed E-state index contributed by atoms with van der Waals surface area (Å²) in [4.78, 5) is 22.3. The van der Waals surface area contributed by atoms with Gasteiger partial charge in [0.05, 0.1) is 12.2 Å². The Kier molecular flexibility index (Phi) is 10.0. The summed E-state index contributed by atoms with van der Waals surface area (Å²) in [6, 6.07) is 5.08. The van der Waals surface area contributed by atoms with Crippen LogP contribution in [0.4, 0.5) is 4.79 Å². The minimum absolute atomic E-state index is 0.193. The molecule has 1 aliphatic rings. The molecule has 0 aliphatic carbocycles. The van der Waals surface area contributed by atoms with E-state index in [2.05, 4.69) is 5.32 Å². The van der Waals surface area contributed by atoms with Gasteiger partial charge >= 0.3 is 12.1 Å². The molecule has 1 aromatic carbocycles. The SMILES string of the molecule is O=C(O)NCCCCCCCCCCCCOC(=O)c1ccc2c(c1)OCO2. The Labute approximate surface area is 166 Å². The van der Waals surface area contributed by atoms with Crippen LogP contribution in [0.15, 0.2) is 18.2 Å². The van der Waals surface area contributed by atoms with E-state index in [1.54, 1.807) is 18.2 Å². The topological polar surface area (TPSA) is 94.1 Å². The van der Waals surface area contributed by atoms with Gasteiger partial charge in [0.25, 0.3) is 0 Å². The van der Waals surface area contributed by atoms with E-state index in [0.29, 0.717) is 30.2 Å². The predicted octanol–water partition coefficient (Wildman–Crippen LogP) is 4.74. The first-order chi connectivity index (χ1) is 13.7. The zero-order valence-corrected chi connectivity index (χ0v) is 16.4. The van der Waals surface area contributed by atoms with Crippen LogP contribution in [0.25, 0.3) is 0 Å². The zero-order chi connectivity index (χ0) is 20.0. The van der Waals surface area contributed by atoms with Crippen LogP contribution in [0.1, 0.15) is 74.6 Å². The van der Waals surface area contributed by atoms with Gasteiger partial charge in [0, 0.05) is 6.54 Å². The monoisotopic (exact) mass is 393 g/mol. The van der Waals surface area contributed by atoms with Crippen molar-refractivity contribution in [3.63, 3.8) is 0 Å². The third-order valence-electron chi connectivity index (χ3n) is 4.69. The Bertz CT molecular complexity index is 619. The fourth-order valence-electron chi connectivity index (χ4n) is 3.11. The summed E-state index contributed by atoms with van der Waals surface area (Å²) < 4.78 is 15.8. The summed E-state index contributed by atoms with van der Waals surface area (Å²) in [7, 11) is 0. The molecule has 0 fully saturated rings. The summed E-state index contributed by atoms with van der Waals surface area (Å²) in [5.74, 6) is 0.926. The molecular weight excluding hydrogens is 362 g/mol. The summed E-state index contributed by atoms with van der Waals surface area (Å²) in [5, 5.41) is 10.8. The van der Waals surface area contributed by atoms with E-state index in [9.17, 15) is 9.59 Å². The number of fused-ring (bicyclic) bond motifs is 1. The third-order valence-corrected chi connectivity index (χ3v) is 4.69. The van der Waals surface area contributed by atoms with Gasteiger partial charge in [-0.3, -0.25) is 0 Å². The molecule has 2 rings (SSSR count). The number of hydrogen-bond donors (Lipinski definition) is 2. The number of benzene rings is 1. The summed E-state index contributed by atoms with van der Waals surface area (Å²) in [6.45, 7) is 1.18.